The summed E-state index contributed by atoms with van der Waals surface area (Å²) in [5.74, 6) is 0.934. The summed E-state index contributed by atoms with van der Waals surface area (Å²) in [4.78, 5) is 0. The first-order valence-electron chi connectivity index (χ1n) is 7.94. The van der Waals surface area contributed by atoms with Crippen LogP contribution in [0.3, 0.4) is 0 Å². The SMILES string of the molecule is C[C@H]1CC[C@H](C2C=CC=CC2c2cc(F)cc(F)c2)CC1. The van der Waals surface area contributed by atoms with Crippen molar-refractivity contribution in [3.8, 4) is 0 Å². The van der Waals surface area contributed by atoms with Crippen LogP contribution in [0, 0.1) is 29.4 Å². The third kappa shape index (κ3) is 3.25. The zero-order valence-electron chi connectivity index (χ0n) is 12.4. The van der Waals surface area contributed by atoms with Crippen molar-refractivity contribution in [2.24, 2.45) is 17.8 Å². The Labute approximate surface area is 125 Å². The summed E-state index contributed by atoms with van der Waals surface area (Å²) >= 11 is 0. The first kappa shape index (κ1) is 14.5. The zero-order chi connectivity index (χ0) is 14.8. The Hall–Kier alpha value is -1.44. The van der Waals surface area contributed by atoms with E-state index in [1.165, 1.54) is 37.8 Å². The maximum absolute atomic E-state index is 13.5. The second-order valence-corrected chi connectivity index (χ2v) is 6.60. The summed E-state index contributed by atoms with van der Waals surface area (Å²) in [6.07, 6.45) is 13.4. The Morgan fingerprint density at radius 2 is 1.48 bits per heavy atom. The molecule has 0 aromatic heterocycles. The number of hydrogen-bond donors (Lipinski definition) is 0. The van der Waals surface area contributed by atoms with Gasteiger partial charge in [-0.15, -0.1) is 0 Å². The fourth-order valence-corrected chi connectivity index (χ4v) is 3.85. The topological polar surface area (TPSA) is 0 Å². The van der Waals surface area contributed by atoms with E-state index in [2.05, 4.69) is 25.2 Å². The summed E-state index contributed by atoms with van der Waals surface area (Å²) < 4.78 is 27.0. The van der Waals surface area contributed by atoms with Crippen LogP contribution >= 0.6 is 0 Å². The Kier molecular flexibility index (Phi) is 4.23. The quantitative estimate of drug-likeness (QED) is 0.663. The molecule has 0 amide bonds. The molecule has 0 aliphatic heterocycles. The molecule has 0 bridgehead atoms. The van der Waals surface area contributed by atoms with Crippen molar-refractivity contribution in [3.63, 3.8) is 0 Å². The maximum Gasteiger partial charge on any atom is 0.126 e. The molecule has 2 atom stereocenters. The van der Waals surface area contributed by atoms with Crippen LogP contribution in [0.1, 0.15) is 44.1 Å². The van der Waals surface area contributed by atoms with E-state index in [4.69, 9.17) is 0 Å². The van der Waals surface area contributed by atoms with E-state index in [1.807, 2.05) is 6.08 Å². The monoisotopic (exact) mass is 288 g/mol. The average Bonchev–Trinajstić information content (AvgIpc) is 2.47. The highest BCUT2D eigenvalue weighted by atomic mass is 19.1. The van der Waals surface area contributed by atoms with E-state index < -0.39 is 11.6 Å². The van der Waals surface area contributed by atoms with Gasteiger partial charge in [-0.3, -0.25) is 0 Å². The molecule has 0 spiro atoms. The van der Waals surface area contributed by atoms with Gasteiger partial charge in [0.15, 0.2) is 0 Å². The molecule has 21 heavy (non-hydrogen) atoms. The van der Waals surface area contributed by atoms with Crippen LogP contribution in [0.4, 0.5) is 8.78 Å². The number of halogens is 2. The predicted octanol–water partition coefficient (Wildman–Crippen LogP) is 5.62. The van der Waals surface area contributed by atoms with Crippen molar-refractivity contribution in [1.82, 2.24) is 0 Å². The van der Waals surface area contributed by atoms with Gasteiger partial charge in [-0.1, -0.05) is 44.1 Å². The van der Waals surface area contributed by atoms with Crippen molar-refractivity contribution < 1.29 is 8.78 Å². The van der Waals surface area contributed by atoms with E-state index in [9.17, 15) is 8.78 Å². The lowest BCUT2D eigenvalue weighted by Gasteiger charge is -2.36. The van der Waals surface area contributed by atoms with Gasteiger partial charge in [0, 0.05) is 12.0 Å². The number of allylic oxidation sites excluding steroid dienone is 4. The smallest absolute Gasteiger partial charge is 0.126 e. The first-order chi connectivity index (χ1) is 10.1. The third-order valence-corrected chi connectivity index (χ3v) is 5.05. The van der Waals surface area contributed by atoms with Crippen LogP contribution in [-0.4, -0.2) is 0 Å². The van der Waals surface area contributed by atoms with Crippen LogP contribution in [0.5, 0.6) is 0 Å². The zero-order valence-corrected chi connectivity index (χ0v) is 12.4. The highest BCUT2D eigenvalue weighted by molar-refractivity contribution is 5.32. The molecule has 0 N–H and O–H groups in total. The number of rotatable bonds is 2. The normalized spacial score (nSPS) is 32.3. The standard InChI is InChI=1S/C19H22F2/c1-13-6-8-14(9-7-13)18-4-2-3-5-19(18)15-10-16(20)12-17(21)11-15/h2-5,10-14,18-19H,6-9H2,1H3/t13-,14-,18?,19?. The van der Waals surface area contributed by atoms with Gasteiger partial charge in [-0.2, -0.15) is 0 Å². The van der Waals surface area contributed by atoms with Gasteiger partial charge in [0.05, 0.1) is 0 Å². The van der Waals surface area contributed by atoms with Crippen molar-refractivity contribution in [3.05, 3.63) is 59.7 Å². The highest BCUT2D eigenvalue weighted by Crippen LogP contribution is 2.42. The second-order valence-electron chi connectivity index (χ2n) is 6.60. The fourth-order valence-electron chi connectivity index (χ4n) is 3.85. The number of benzene rings is 1. The summed E-state index contributed by atoms with van der Waals surface area (Å²) in [6.45, 7) is 2.31. The van der Waals surface area contributed by atoms with Crippen LogP contribution in [-0.2, 0) is 0 Å². The summed E-state index contributed by atoms with van der Waals surface area (Å²) in [7, 11) is 0. The Balaban J connectivity index is 1.85. The lowest BCUT2D eigenvalue weighted by Crippen LogP contribution is -2.25. The van der Waals surface area contributed by atoms with Crippen LogP contribution < -0.4 is 0 Å². The lowest BCUT2D eigenvalue weighted by molar-refractivity contribution is 0.228. The van der Waals surface area contributed by atoms with E-state index in [-0.39, 0.29) is 5.92 Å². The molecule has 112 valence electrons. The van der Waals surface area contributed by atoms with Gasteiger partial charge in [0.1, 0.15) is 11.6 Å². The minimum atomic E-state index is -0.482. The highest BCUT2D eigenvalue weighted by Gasteiger charge is 2.31. The molecule has 2 unspecified atom stereocenters. The molecule has 1 aromatic carbocycles. The van der Waals surface area contributed by atoms with Gasteiger partial charge in [-0.25, -0.2) is 8.78 Å². The largest absolute Gasteiger partial charge is 0.207 e. The summed E-state index contributed by atoms with van der Waals surface area (Å²) in [5, 5.41) is 0. The Bertz CT molecular complexity index is 530. The van der Waals surface area contributed by atoms with Gasteiger partial charge in [0.25, 0.3) is 0 Å². The molecule has 1 aromatic rings. The third-order valence-electron chi connectivity index (χ3n) is 5.05. The van der Waals surface area contributed by atoms with Gasteiger partial charge in [0.2, 0.25) is 0 Å². The second kappa shape index (κ2) is 6.13. The van der Waals surface area contributed by atoms with Crippen molar-refractivity contribution in [1.29, 1.82) is 0 Å². The minimum absolute atomic E-state index is 0.0959. The van der Waals surface area contributed by atoms with E-state index in [0.717, 1.165) is 17.5 Å². The van der Waals surface area contributed by atoms with Gasteiger partial charge in [-0.05, 0) is 48.3 Å². The minimum Gasteiger partial charge on any atom is -0.207 e. The maximum atomic E-state index is 13.5. The molecule has 3 rings (SSSR count). The molecule has 2 heteroatoms. The molecule has 2 aliphatic carbocycles. The lowest BCUT2D eigenvalue weighted by atomic mass is 9.69. The van der Waals surface area contributed by atoms with Crippen LogP contribution in [0.2, 0.25) is 0 Å². The van der Waals surface area contributed by atoms with Crippen molar-refractivity contribution in [2.45, 2.75) is 38.5 Å². The van der Waals surface area contributed by atoms with Crippen molar-refractivity contribution >= 4 is 0 Å². The van der Waals surface area contributed by atoms with Gasteiger partial charge < -0.3 is 0 Å². The Morgan fingerprint density at radius 3 is 2.14 bits per heavy atom. The number of hydrogen-bond acceptors (Lipinski definition) is 0. The van der Waals surface area contributed by atoms with Gasteiger partial charge >= 0.3 is 0 Å². The molecule has 2 aliphatic rings. The summed E-state index contributed by atoms with van der Waals surface area (Å²) in [5.41, 5.74) is 0.761. The van der Waals surface area contributed by atoms with E-state index in [0.29, 0.717) is 11.8 Å². The van der Waals surface area contributed by atoms with Crippen LogP contribution in [0.25, 0.3) is 0 Å². The molecule has 0 nitrogen and oxygen atoms in total. The molecule has 1 fully saturated rings. The predicted molar refractivity (Wildman–Crippen MR) is 82.0 cm³/mol. The molecular formula is C19H22F2. The molecule has 0 radical (unpaired) electrons. The first-order valence-corrected chi connectivity index (χ1v) is 7.94. The molecular weight excluding hydrogens is 266 g/mol. The van der Waals surface area contributed by atoms with E-state index >= 15 is 0 Å². The van der Waals surface area contributed by atoms with Crippen LogP contribution in [0.15, 0.2) is 42.5 Å². The average molecular weight is 288 g/mol. The molecule has 0 saturated heterocycles. The Morgan fingerprint density at radius 1 is 0.857 bits per heavy atom. The fraction of sp³-hybridized carbons (Fsp3) is 0.474. The molecule has 0 heterocycles. The van der Waals surface area contributed by atoms with Crippen molar-refractivity contribution in [2.75, 3.05) is 0 Å². The summed E-state index contributed by atoms with van der Waals surface area (Å²) in [6, 6.07) is 3.91. The van der Waals surface area contributed by atoms with E-state index in [1.54, 1.807) is 0 Å². The molecule has 1 saturated carbocycles.